The molecule has 0 bridgehead atoms. The van der Waals surface area contributed by atoms with Gasteiger partial charge >= 0.3 is 0 Å². The Morgan fingerprint density at radius 3 is 2.54 bits per heavy atom. The highest BCUT2D eigenvalue weighted by atomic mass is 16.7. The SMILES string of the molecule is Cc1ccc(C2(C)NCC(N3CCc4ccccc4C3)ON2)cc1. The van der Waals surface area contributed by atoms with E-state index in [0.717, 1.165) is 26.1 Å². The maximum Gasteiger partial charge on any atom is 0.145 e. The fourth-order valence-electron chi connectivity index (χ4n) is 3.57. The molecule has 1 fully saturated rings. The van der Waals surface area contributed by atoms with Crippen molar-refractivity contribution in [3.05, 3.63) is 70.8 Å². The van der Waals surface area contributed by atoms with Gasteiger partial charge in [0.1, 0.15) is 11.9 Å². The van der Waals surface area contributed by atoms with Crippen molar-refractivity contribution in [1.82, 2.24) is 15.7 Å². The zero-order valence-corrected chi connectivity index (χ0v) is 14.4. The van der Waals surface area contributed by atoms with E-state index in [4.69, 9.17) is 4.84 Å². The van der Waals surface area contributed by atoms with Crippen LogP contribution in [0.4, 0.5) is 0 Å². The molecule has 4 rings (SSSR count). The molecule has 4 heteroatoms. The molecule has 0 spiro atoms. The molecule has 0 radical (unpaired) electrons. The molecular weight excluding hydrogens is 298 g/mol. The number of hydroxylamine groups is 1. The minimum Gasteiger partial charge on any atom is -0.290 e. The molecule has 126 valence electrons. The maximum absolute atomic E-state index is 6.05. The second-order valence-corrected chi connectivity index (χ2v) is 7.04. The molecule has 2 N–H and O–H groups in total. The van der Waals surface area contributed by atoms with Crippen molar-refractivity contribution in [3.63, 3.8) is 0 Å². The van der Waals surface area contributed by atoms with Crippen LogP contribution in [0.5, 0.6) is 0 Å². The van der Waals surface area contributed by atoms with Gasteiger partial charge in [0.05, 0.1) is 0 Å². The predicted octanol–water partition coefficient (Wildman–Crippen LogP) is 2.68. The van der Waals surface area contributed by atoms with E-state index in [1.807, 2.05) is 0 Å². The molecule has 2 aromatic carbocycles. The average Bonchev–Trinajstić information content (AvgIpc) is 2.62. The molecule has 2 aromatic rings. The summed E-state index contributed by atoms with van der Waals surface area (Å²) in [5, 5.41) is 3.62. The summed E-state index contributed by atoms with van der Waals surface area (Å²) in [6.45, 7) is 7.02. The first-order chi connectivity index (χ1) is 11.6. The number of aryl methyl sites for hydroxylation is 1. The Hall–Kier alpha value is -1.72. The summed E-state index contributed by atoms with van der Waals surface area (Å²) in [6.07, 6.45) is 1.14. The van der Waals surface area contributed by atoms with E-state index in [2.05, 4.69) is 78.1 Å². The Labute approximate surface area is 143 Å². The Kier molecular flexibility index (Phi) is 4.14. The van der Waals surface area contributed by atoms with Crippen LogP contribution in [0.15, 0.2) is 48.5 Å². The summed E-state index contributed by atoms with van der Waals surface area (Å²) in [5.41, 5.74) is 8.24. The molecule has 1 saturated heterocycles. The van der Waals surface area contributed by atoms with Crippen molar-refractivity contribution >= 4 is 0 Å². The molecule has 0 amide bonds. The zero-order chi connectivity index (χ0) is 16.6. The number of fused-ring (bicyclic) bond motifs is 1. The number of benzene rings is 2. The topological polar surface area (TPSA) is 36.5 Å². The first-order valence-electron chi connectivity index (χ1n) is 8.70. The summed E-state index contributed by atoms with van der Waals surface area (Å²) < 4.78 is 0. The second kappa shape index (κ2) is 6.30. The highest BCUT2D eigenvalue weighted by Gasteiger charge is 2.35. The van der Waals surface area contributed by atoms with Crippen molar-refractivity contribution in [1.29, 1.82) is 0 Å². The third-order valence-corrected chi connectivity index (χ3v) is 5.23. The van der Waals surface area contributed by atoms with Crippen molar-refractivity contribution in [3.8, 4) is 0 Å². The smallest absolute Gasteiger partial charge is 0.145 e. The largest absolute Gasteiger partial charge is 0.290 e. The molecule has 0 aromatic heterocycles. The van der Waals surface area contributed by atoms with Crippen LogP contribution in [-0.4, -0.2) is 24.2 Å². The van der Waals surface area contributed by atoms with Crippen molar-refractivity contribution in [2.24, 2.45) is 0 Å². The van der Waals surface area contributed by atoms with Crippen molar-refractivity contribution in [2.45, 2.75) is 38.7 Å². The van der Waals surface area contributed by atoms with Gasteiger partial charge in [0.25, 0.3) is 0 Å². The van der Waals surface area contributed by atoms with Crippen LogP contribution in [0.2, 0.25) is 0 Å². The first-order valence-corrected chi connectivity index (χ1v) is 8.70. The molecule has 2 aliphatic rings. The van der Waals surface area contributed by atoms with Gasteiger partial charge in [-0.3, -0.25) is 15.1 Å². The quantitative estimate of drug-likeness (QED) is 0.891. The Morgan fingerprint density at radius 1 is 1.08 bits per heavy atom. The molecule has 2 heterocycles. The molecule has 4 nitrogen and oxygen atoms in total. The Bertz CT molecular complexity index is 705. The van der Waals surface area contributed by atoms with Gasteiger partial charge in [-0.05, 0) is 37.0 Å². The number of hydrogen-bond acceptors (Lipinski definition) is 4. The van der Waals surface area contributed by atoms with Crippen LogP contribution >= 0.6 is 0 Å². The monoisotopic (exact) mass is 323 g/mol. The van der Waals surface area contributed by atoms with E-state index in [-0.39, 0.29) is 11.9 Å². The summed E-state index contributed by atoms with van der Waals surface area (Å²) in [6, 6.07) is 17.3. The average molecular weight is 323 g/mol. The first kappa shape index (κ1) is 15.8. The number of rotatable bonds is 2. The highest BCUT2D eigenvalue weighted by Crippen LogP contribution is 2.25. The summed E-state index contributed by atoms with van der Waals surface area (Å²) in [5.74, 6) is 0. The fourth-order valence-corrected chi connectivity index (χ4v) is 3.57. The molecule has 2 aliphatic heterocycles. The highest BCUT2D eigenvalue weighted by molar-refractivity contribution is 5.29. The van der Waals surface area contributed by atoms with Crippen molar-refractivity contribution in [2.75, 3.05) is 13.1 Å². The zero-order valence-electron chi connectivity index (χ0n) is 14.4. The number of nitrogens with one attached hydrogen (secondary N) is 2. The van der Waals surface area contributed by atoms with Gasteiger partial charge in [-0.1, -0.05) is 54.1 Å². The third-order valence-electron chi connectivity index (χ3n) is 5.23. The Morgan fingerprint density at radius 2 is 1.83 bits per heavy atom. The van der Waals surface area contributed by atoms with Gasteiger partial charge in [-0.15, -0.1) is 0 Å². The lowest BCUT2D eigenvalue weighted by Gasteiger charge is -2.44. The second-order valence-electron chi connectivity index (χ2n) is 7.04. The van der Waals surface area contributed by atoms with E-state index in [0.29, 0.717) is 0 Å². The van der Waals surface area contributed by atoms with Crippen LogP contribution in [0.25, 0.3) is 0 Å². The summed E-state index contributed by atoms with van der Waals surface area (Å²) in [4.78, 5) is 8.45. The number of hydrogen-bond donors (Lipinski definition) is 2. The molecule has 0 aliphatic carbocycles. The molecule has 0 saturated carbocycles. The summed E-state index contributed by atoms with van der Waals surface area (Å²) in [7, 11) is 0. The normalized spacial score (nSPS) is 27.7. The van der Waals surface area contributed by atoms with Gasteiger partial charge < -0.3 is 0 Å². The van der Waals surface area contributed by atoms with Gasteiger partial charge in [-0.2, -0.15) is 5.48 Å². The van der Waals surface area contributed by atoms with Crippen LogP contribution in [-0.2, 0) is 23.5 Å². The van der Waals surface area contributed by atoms with Crippen LogP contribution < -0.4 is 10.8 Å². The molecule has 2 atom stereocenters. The molecule has 2 unspecified atom stereocenters. The Balaban J connectivity index is 1.42. The van der Waals surface area contributed by atoms with Crippen LogP contribution in [0, 0.1) is 6.92 Å². The van der Waals surface area contributed by atoms with Gasteiger partial charge in [0.15, 0.2) is 0 Å². The van der Waals surface area contributed by atoms with E-state index >= 15 is 0 Å². The van der Waals surface area contributed by atoms with E-state index < -0.39 is 0 Å². The maximum atomic E-state index is 6.05. The standard InChI is InChI=1S/C20H25N3O/c1-15-7-9-18(10-8-15)20(2)21-13-19(24-22-20)23-12-11-16-5-3-4-6-17(16)14-23/h3-10,19,21-22H,11-14H2,1-2H3. The minimum atomic E-state index is -0.349. The lowest BCUT2D eigenvalue weighted by molar-refractivity contribution is -0.180. The minimum absolute atomic E-state index is 0.0527. The van der Waals surface area contributed by atoms with E-state index in [9.17, 15) is 0 Å². The van der Waals surface area contributed by atoms with E-state index in [1.54, 1.807) is 0 Å². The van der Waals surface area contributed by atoms with Crippen LogP contribution in [0.3, 0.4) is 0 Å². The van der Waals surface area contributed by atoms with Gasteiger partial charge in [0, 0.05) is 19.6 Å². The van der Waals surface area contributed by atoms with E-state index in [1.165, 1.54) is 22.3 Å². The van der Waals surface area contributed by atoms with Gasteiger partial charge in [0.2, 0.25) is 0 Å². The third kappa shape index (κ3) is 2.98. The summed E-state index contributed by atoms with van der Waals surface area (Å²) >= 11 is 0. The lowest BCUT2D eigenvalue weighted by Crippen LogP contribution is -2.63. The molecular formula is C20H25N3O. The molecule has 24 heavy (non-hydrogen) atoms. The number of nitrogens with zero attached hydrogens (tertiary/aromatic N) is 1. The van der Waals surface area contributed by atoms with Crippen molar-refractivity contribution < 1.29 is 4.84 Å². The fraction of sp³-hybridized carbons (Fsp3) is 0.400. The lowest BCUT2D eigenvalue weighted by atomic mass is 9.99. The predicted molar refractivity (Wildman–Crippen MR) is 95.1 cm³/mol. The van der Waals surface area contributed by atoms with Gasteiger partial charge in [-0.25, -0.2) is 0 Å². The van der Waals surface area contributed by atoms with Crippen LogP contribution in [0.1, 0.15) is 29.2 Å².